The number of nitrogens with zero attached hydrogens (tertiary/aromatic N) is 1. The van der Waals surface area contributed by atoms with Crippen LogP contribution in [0.15, 0.2) is 29.6 Å². The third-order valence-corrected chi connectivity index (χ3v) is 3.72. The van der Waals surface area contributed by atoms with E-state index in [4.69, 9.17) is 4.74 Å². The van der Waals surface area contributed by atoms with Crippen molar-refractivity contribution in [1.82, 2.24) is 4.98 Å². The van der Waals surface area contributed by atoms with Gasteiger partial charge in [-0.1, -0.05) is 12.1 Å². The van der Waals surface area contributed by atoms with Crippen molar-refractivity contribution >= 4 is 28.9 Å². The number of amides is 1. The fourth-order valence-corrected chi connectivity index (χ4v) is 2.51. The smallest absolute Gasteiger partial charge is 0.306 e. The lowest BCUT2D eigenvalue weighted by Gasteiger charge is -2.06. The molecule has 116 valence electrons. The van der Waals surface area contributed by atoms with Gasteiger partial charge in [-0.15, -0.1) is 11.3 Å². The molecule has 0 saturated carbocycles. The predicted molar refractivity (Wildman–Crippen MR) is 86.8 cm³/mol. The van der Waals surface area contributed by atoms with Crippen LogP contribution >= 0.6 is 11.3 Å². The summed E-state index contributed by atoms with van der Waals surface area (Å²) in [5, 5.41) is 5.78. The Bertz CT molecular complexity index is 650. The highest BCUT2D eigenvalue weighted by atomic mass is 32.1. The van der Waals surface area contributed by atoms with E-state index in [-0.39, 0.29) is 24.7 Å². The average Bonchev–Trinajstić information content (AvgIpc) is 2.93. The van der Waals surface area contributed by atoms with Crippen LogP contribution in [-0.4, -0.2) is 23.5 Å². The molecule has 0 unspecified atom stereocenters. The predicted octanol–water partition coefficient (Wildman–Crippen LogP) is 3.40. The van der Waals surface area contributed by atoms with E-state index in [1.807, 2.05) is 36.6 Å². The molecule has 0 atom stereocenters. The van der Waals surface area contributed by atoms with Crippen LogP contribution in [0.4, 0.5) is 5.69 Å². The van der Waals surface area contributed by atoms with E-state index in [0.717, 1.165) is 16.3 Å². The van der Waals surface area contributed by atoms with Crippen molar-refractivity contribution in [1.29, 1.82) is 0 Å². The van der Waals surface area contributed by atoms with Crippen molar-refractivity contribution in [2.45, 2.75) is 26.7 Å². The number of nitrogens with one attached hydrogen (secondary N) is 1. The number of anilines is 1. The highest BCUT2D eigenvalue weighted by molar-refractivity contribution is 7.09. The first-order valence-electron chi connectivity index (χ1n) is 7.06. The van der Waals surface area contributed by atoms with E-state index in [9.17, 15) is 9.59 Å². The Morgan fingerprint density at radius 1 is 1.23 bits per heavy atom. The number of hydrogen-bond donors (Lipinski definition) is 1. The van der Waals surface area contributed by atoms with Crippen molar-refractivity contribution in [3.8, 4) is 11.3 Å². The normalized spacial score (nSPS) is 10.3. The summed E-state index contributed by atoms with van der Waals surface area (Å²) < 4.78 is 4.78. The zero-order chi connectivity index (χ0) is 15.9. The van der Waals surface area contributed by atoms with Gasteiger partial charge in [0.05, 0.1) is 23.7 Å². The Kier molecular flexibility index (Phi) is 5.66. The summed E-state index contributed by atoms with van der Waals surface area (Å²) in [7, 11) is 0. The van der Waals surface area contributed by atoms with Crippen molar-refractivity contribution in [3.63, 3.8) is 0 Å². The third-order valence-electron chi connectivity index (χ3n) is 2.94. The van der Waals surface area contributed by atoms with Crippen molar-refractivity contribution in [2.24, 2.45) is 0 Å². The molecule has 1 heterocycles. The molecule has 0 bridgehead atoms. The Labute approximate surface area is 133 Å². The molecule has 1 N–H and O–H groups in total. The topological polar surface area (TPSA) is 68.3 Å². The molecule has 0 spiro atoms. The highest BCUT2D eigenvalue weighted by Gasteiger charge is 2.08. The summed E-state index contributed by atoms with van der Waals surface area (Å²) >= 11 is 1.60. The minimum atomic E-state index is -0.355. The molecule has 5 nitrogen and oxygen atoms in total. The number of carbonyl (C=O) groups excluding carboxylic acids is 2. The van der Waals surface area contributed by atoms with Gasteiger partial charge in [-0.05, 0) is 26.0 Å². The molecule has 0 radical (unpaired) electrons. The maximum atomic E-state index is 11.7. The number of benzene rings is 1. The summed E-state index contributed by atoms with van der Waals surface area (Å²) in [4.78, 5) is 27.4. The van der Waals surface area contributed by atoms with Gasteiger partial charge in [0, 0.05) is 23.1 Å². The molecule has 2 aromatic rings. The number of rotatable bonds is 6. The van der Waals surface area contributed by atoms with Crippen molar-refractivity contribution in [3.05, 3.63) is 34.7 Å². The molecule has 0 fully saturated rings. The number of thiazole rings is 1. The average molecular weight is 318 g/mol. The van der Waals surface area contributed by atoms with Gasteiger partial charge in [-0.3, -0.25) is 9.59 Å². The monoisotopic (exact) mass is 318 g/mol. The lowest BCUT2D eigenvalue weighted by Crippen LogP contribution is -2.14. The summed E-state index contributed by atoms with van der Waals surface area (Å²) in [5.74, 6) is -0.558. The van der Waals surface area contributed by atoms with Gasteiger partial charge < -0.3 is 10.1 Å². The van der Waals surface area contributed by atoms with Gasteiger partial charge in [0.25, 0.3) is 0 Å². The van der Waals surface area contributed by atoms with Gasteiger partial charge in [0.1, 0.15) is 0 Å². The summed E-state index contributed by atoms with van der Waals surface area (Å²) in [6.45, 7) is 4.04. The van der Waals surface area contributed by atoms with Crippen LogP contribution in [-0.2, 0) is 14.3 Å². The second-order valence-electron chi connectivity index (χ2n) is 4.68. The first kappa shape index (κ1) is 16.2. The lowest BCUT2D eigenvalue weighted by atomic mass is 10.1. The van der Waals surface area contributed by atoms with Crippen LogP contribution in [0.2, 0.25) is 0 Å². The molecule has 2 rings (SSSR count). The Morgan fingerprint density at radius 3 is 2.55 bits per heavy atom. The van der Waals surface area contributed by atoms with Crippen LogP contribution < -0.4 is 5.32 Å². The van der Waals surface area contributed by atoms with Gasteiger partial charge in [-0.25, -0.2) is 4.98 Å². The standard InChI is InChI=1S/C16H18N2O3S/c1-3-21-16(20)9-8-15(19)18-13-6-4-12(5-7-13)14-10-22-11(2)17-14/h4-7,10H,3,8-9H2,1-2H3,(H,18,19). The zero-order valence-electron chi connectivity index (χ0n) is 12.6. The molecule has 1 amide bonds. The van der Waals surface area contributed by atoms with E-state index in [1.54, 1.807) is 18.3 Å². The second-order valence-corrected chi connectivity index (χ2v) is 5.74. The maximum Gasteiger partial charge on any atom is 0.306 e. The minimum absolute atomic E-state index is 0.0931. The number of hydrogen-bond acceptors (Lipinski definition) is 5. The van der Waals surface area contributed by atoms with Crippen LogP contribution in [0.3, 0.4) is 0 Å². The van der Waals surface area contributed by atoms with Crippen LogP contribution in [0.1, 0.15) is 24.8 Å². The van der Waals surface area contributed by atoms with Gasteiger partial charge in [0.2, 0.25) is 5.91 Å². The first-order valence-corrected chi connectivity index (χ1v) is 7.94. The molecule has 0 saturated heterocycles. The molecule has 0 aliphatic heterocycles. The highest BCUT2D eigenvalue weighted by Crippen LogP contribution is 2.23. The fraction of sp³-hybridized carbons (Fsp3) is 0.312. The van der Waals surface area contributed by atoms with Crippen LogP contribution in [0.25, 0.3) is 11.3 Å². The van der Waals surface area contributed by atoms with E-state index >= 15 is 0 Å². The Morgan fingerprint density at radius 2 is 1.95 bits per heavy atom. The second kappa shape index (κ2) is 7.70. The summed E-state index contributed by atoms with van der Waals surface area (Å²) in [5.41, 5.74) is 2.64. The van der Waals surface area contributed by atoms with Crippen LogP contribution in [0, 0.1) is 6.92 Å². The van der Waals surface area contributed by atoms with Gasteiger partial charge >= 0.3 is 5.97 Å². The number of esters is 1. The first-order chi connectivity index (χ1) is 10.6. The fourth-order valence-electron chi connectivity index (χ4n) is 1.89. The molecule has 1 aromatic carbocycles. The number of aryl methyl sites for hydroxylation is 1. The number of ether oxygens (including phenoxy) is 1. The van der Waals surface area contributed by atoms with E-state index < -0.39 is 0 Å². The van der Waals surface area contributed by atoms with E-state index in [0.29, 0.717) is 12.3 Å². The third kappa shape index (κ3) is 4.66. The minimum Gasteiger partial charge on any atom is -0.466 e. The number of aromatic nitrogens is 1. The molecule has 6 heteroatoms. The Balaban J connectivity index is 1.88. The molecular formula is C16H18N2O3S. The molecular weight excluding hydrogens is 300 g/mol. The Hall–Kier alpha value is -2.21. The summed E-state index contributed by atoms with van der Waals surface area (Å²) in [6, 6.07) is 7.48. The quantitative estimate of drug-likeness (QED) is 0.829. The number of carbonyl (C=O) groups is 2. The molecule has 0 aliphatic rings. The van der Waals surface area contributed by atoms with E-state index in [2.05, 4.69) is 10.3 Å². The zero-order valence-corrected chi connectivity index (χ0v) is 13.4. The largest absolute Gasteiger partial charge is 0.466 e. The van der Waals surface area contributed by atoms with Gasteiger partial charge in [-0.2, -0.15) is 0 Å². The van der Waals surface area contributed by atoms with E-state index in [1.165, 1.54) is 0 Å². The molecule has 1 aromatic heterocycles. The summed E-state index contributed by atoms with van der Waals surface area (Å²) in [6.07, 6.45) is 0.210. The van der Waals surface area contributed by atoms with Gasteiger partial charge in [0.15, 0.2) is 0 Å². The SMILES string of the molecule is CCOC(=O)CCC(=O)Nc1ccc(-c2csc(C)n2)cc1. The van der Waals surface area contributed by atoms with Crippen molar-refractivity contribution < 1.29 is 14.3 Å². The van der Waals surface area contributed by atoms with Crippen LogP contribution in [0.5, 0.6) is 0 Å². The van der Waals surface area contributed by atoms with Crippen molar-refractivity contribution in [2.75, 3.05) is 11.9 Å². The molecule has 0 aliphatic carbocycles. The maximum absolute atomic E-state index is 11.7. The molecule has 22 heavy (non-hydrogen) atoms. The lowest BCUT2D eigenvalue weighted by molar-refractivity contribution is -0.144.